The lowest BCUT2D eigenvalue weighted by Crippen LogP contribution is -2.44. The molecule has 2 unspecified atom stereocenters. The average molecular weight is 316 g/mol. The maximum absolute atomic E-state index is 11.0. The van der Waals surface area contributed by atoms with Crippen LogP contribution < -0.4 is 4.74 Å². The Labute approximate surface area is 136 Å². The van der Waals surface area contributed by atoms with Crippen molar-refractivity contribution in [2.75, 3.05) is 26.8 Å². The molecule has 1 aliphatic rings. The molecule has 5 heteroatoms. The fourth-order valence-corrected chi connectivity index (χ4v) is 3.52. The van der Waals surface area contributed by atoms with Crippen LogP contribution in [0, 0.1) is 0 Å². The van der Waals surface area contributed by atoms with Gasteiger partial charge in [0.05, 0.1) is 25.3 Å². The number of aromatic nitrogens is 1. The Bertz CT molecular complexity index is 660. The monoisotopic (exact) mass is 316 g/mol. The lowest BCUT2D eigenvalue weighted by atomic mass is 9.91. The standard InChI is InChI=1S/C18H24N2O3/c1-23-13-5-6-16-15(12-13)14(7-8-19-16)18(22)17-4-2-3-9-20(17)10-11-21/h5-8,12,17-18,21-22H,2-4,9-11H2,1H3. The summed E-state index contributed by atoms with van der Waals surface area (Å²) in [7, 11) is 1.64. The van der Waals surface area contributed by atoms with Gasteiger partial charge in [-0.15, -0.1) is 0 Å². The molecule has 2 heterocycles. The Kier molecular flexibility index (Phi) is 5.10. The van der Waals surface area contributed by atoms with Crippen LogP contribution in [0.1, 0.15) is 30.9 Å². The van der Waals surface area contributed by atoms with Crippen molar-refractivity contribution in [3.8, 4) is 5.75 Å². The second-order valence-electron chi connectivity index (χ2n) is 6.05. The van der Waals surface area contributed by atoms with Crippen molar-refractivity contribution in [2.24, 2.45) is 0 Å². The number of aliphatic hydroxyl groups excluding tert-OH is 2. The Hall–Kier alpha value is -1.69. The van der Waals surface area contributed by atoms with E-state index in [0.717, 1.165) is 48.0 Å². The lowest BCUT2D eigenvalue weighted by molar-refractivity contribution is 0.0173. The number of pyridine rings is 1. The highest BCUT2D eigenvalue weighted by atomic mass is 16.5. The van der Waals surface area contributed by atoms with Gasteiger partial charge in [0.15, 0.2) is 0 Å². The predicted molar refractivity (Wildman–Crippen MR) is 89.6 cm³/mol. The second kappa shape index (κ2) is 7.25. The molecule has 0 saturated carbocycles. The summed E-state index contributed by atoms with van der Waals surface area (Å²) in [5.41, 5.74) is 1.73. The Morgan fingerprint density at radius 1 is 1.35 bits per heavy atom. The Balaban J connectivity index is 1.97. The normalized spacial score (nSPS) is 20.6. The number of nitrogens with zero attached hydrogens (tertiary/aromatic N) is 2. The summed E-state index contributed by atoms with van der Waals surface area (Å²) in [6.07, 6.45) is 4.31. The topological polar surface area (TPSA) is 65.8 Å². The largest absolute Gasteiger partial charge is 0.497 e. The molecule has 0 bridgehead atoms. The maximum atomic E-state index is 11.0. The molecule has 5 nitrogen and oxygen atoms in total. The van der Waals surface area contributed by atoms with Gasteiger partial charge in [-0.1, -0.05) is 6.42 Å². The van der Waals surface area contributed by atoms with Gasteiger partial charge < -0.3 is 14.9 Å². The van der Waals surface area contributed by atoms with Gasteiger partial charge in [0.2, 0.25) is 0 Å². The molecule has 0 aliphatic carbocycles. The van der Waals surface area contributed by atoms with Crippen molar-refractivity contribution in [3.63, 3.8) is 0 Å². The van der Waals surface area contributed by atoms with Crippen molar-refractivity contribution in [2.45, 2.75) is 31.4 Å². The minimum Gasteiger partial charge on any atom is -0.497 e. The number of rotatable bonds is 5. The van der Waals surface area contributed by atoms with E-state index in [-0.39, 0.29) is 12.6 Å². The van der Waals surface area contributed by atoms with E-state index >= 15 is 0 Å². The number of piperidine rings is 1. The van der Waals surface area contributed by atoms with Gasteiger partial charge in [-0.2, -0.15) is 0 Å². The van der Waals surface area contributed by atoms with E-state index in [1.165, 1.54) is 0 Å². The van der Waals surface area contributed by atoms with Gasteiger partial charge in [-0.3, -0.25) is 9.88 Å². The minimum absolute atomic E-state index is 0.0349. The lowest BCUT2D eigenvalue weighted by Gasteiger charge is -2.38. The van der Waals surface area contributed by atoms with Gasteiger partial charge >= 0.3 is 0 Å². The van der Waals surface area contributed by atoms with E-state index < -0.39 is 6.10 Å². The molecule has 1 saturated heterocycles. The average Bonchev–Trinajstić information content (AvgIpc) is 2.61. The van der Waals surface area contributed by atoms with Gasteiger partial charge in [0, 0.05) is 24.2 Å². The third-order valence-electron chi connectivity index (χ3n) is 4.72. The minimum atomic E-state index is -0.598. The van der Waals surface area contributed by atoms with Crippen LogP contribution in [0.3, 0.4) is 0 Å². The van der Waals surface area contributed by atoms with Gasteiger partial charge in [0.25, 0.3) is 0 Å². The fourth-order valence-electron chi connectivity index (χ4n) is 3.52. The highest BCUT2D eigenvalue weighted by Crippen LogP contribution is 2.33. The van der Waals surface area contributed by atoms with Crippen LogP contribution in [-0.4, -0.2) is 52.9 Å². The van der Waals surface area contributed by atoms with Crippen LogP contribution in [0.5, 0.6) is 5.75 Å². The molecule has 0 amide bonds. The number of β-amino-alcohol motifs (C(OH)–C–C–N with tert-alkyl or cyclic N) is 1. The molecular formula is C18H24N2O3. The molecule has 2 atom stereocenters. The van der Waals surface area contributed by atoms with E-state index in [0.29, 0.717) is 6.54 Å². The van der Waals surface area contributed by atoms with E-state index in [1.807, 2.05) is 24.3 Å². The van der Waals surface area contributed by atoms with Crippen molar-refractivity contribution in [3.05, 3.63) is 36.0 Å². The number of methoxy groups -OCH3 is 1. The number of aliphatic hydroxyl groups is 2. The zero-order valence-corrected chi connectivity index (χ0v) is 13.5. The first-order valence-electron chi connectivity index (χ1n) is 8.20. The van der Waals surface area contributed by atoms with E-state index in [9.17, 15) is 10.2 Å². The quantitative estimate of drug-likeness (QED) is 0.884. The summed E-state index contributed by atoms with van der Waals surface area (Å²) in [6.45, 7) is 1.65. The van der Waals surface area contributed by atoms with Crippen molar-refractivity contribution in [1.29, 1.82) is 0 Å². The summed E-state index contributed by atoms with van der Waals surface area (Å²) in [5.74, 6) is 0.759. The van der Waals surface area contributed by atoms with Crippen LogP contribution in [0.15, 0.2) is 30.5 Å². The number of likely N-dealkylation sites (tertiary alicyclic amines) is 1. The second-order valence-corrected chi connectivity index (χ2v) is 6.05. The van der Waals surface area contributed by atoms with E-state index in [1.54, 1.807) is 13.3 Å². The van der Waals surface area contributed by atoms with Crippen molar-refractivity contribution < 1.29 is 14.9 Å². The number of benzene rings is 1. The van der Waals surface area contributed by atoms with E-state index in [4.69, 9.17) is 4.74 Å². The molecule has 0 spiro atoms. The fraction of sp³-hybridized carbons (Fsp3) is 0.500. The van der Waals surface area contributed by atoms with E-state index in [2.05, 4.69) is 9.88 Å². The predicted octanol–water partition coefficient (Wildman–Crippen LogP) is 2.12. The molecule has 0 radical (unpaired) electrons. The molecule has 1 aromatic carbocycles. The highest BCUT2D eigenvalue weighted by Gasteiger charge is 2.30. The first-order chi connectivity index (χ1) is 11.2. The van der Waals surface area contributed by atoms with Gasteiger partial charge in [-0.25, -0.2) is 0 Å². The maximum Gasteiger partial charge on any atom is 0.119 e. The van der Waals surface area contributed by atoms with Gasteiger partial charge in [0.1, 0.15) is 5.75 Å². The molecular weight excluding hydrogens is 292 g/mol. The summed E-state index contributed by atoms with van der Waals surface area (Å²) < 4.78 is 5.31. The van der Waals surface area contributed by atoms with Crippen LogP contribution in [0.4, 0.5) is 0 Å². The molecule has 1 aromatic heterocycles. The van der Waals surface area contributed by atoms with Crippen molar-refractivity contribution in [1.82, 2.24) is 9.88 Å². The summed E-state index contributed by atoms with van der Waals surface area (Å²) in [6, 6.07) is 7.65. The highest BCUT2D eigenvalue weighted by molar-refractivity contribution is 5.83. The summed E-state index contributed by atoms with van der Waals surface area (Å²) in [4.78, 5) is 6.57. The third kappa shape index (κ3) is 3.32. The zero-order chi connectivity index (χ0) is 16.2. The zero-order valence-electron chi connectivity index (χ0n) is 13.5. The van der Waals surface area contributed by atoms with Crippen LogP contribution >= 0.6 is 0 Å². The molecule has 2 aromatic rings. The first kappa shape index (κ1) is 16.2. The molecule has 2 N–H and O–H groups in total. The summed E-state index contributed by atoms with van der Waals surface area (Å²) in [5, 5.41) is 21.2. The van der Waals surface area contributed by atoms with Crippen LogP contribution in [0.2, 0.25) is 0 Å². The molecule has 1 fully saturated rings. The molecule has 124 valence electrons. The molecule has 23 heavy (non-hydrogen) atoms. The number of hydrogen-bond acceptors (Lipinski definition) is 5. The molecule has 3 rings (SSSR count). The summed E-state index contributed by atoms with van der Waals surface area (Å²) >= 11 is 0. The van der Waals surface area contributed by atoms with Crippen LogP contribution in [-0.2, 0) is 0 Å². The Morgan fingerprint density at radius 2 is 2.22 bits per heavy atom. The van der Waals surface area contributed by atoms with Crippen LogP contribution in [0.25, 0.3) is 10.9 Å². The van der Waals surface area contributed by atoms with Crippen molar-refractivity contribution >= 4 is 10.9 Å². The SMILES string of the molecule is COc1ccc2nccc(C(O)C3CCCCN3CCO)c2c1. The number of fused-ring (bicyclic) bond motifs is 1. The number of ether oxygens (including phenoxy) is 1. The smallest absolute Gasteiger partial charge is 0.119 e. The molecule has 1 aliphatic heterocycles. The Morgan fingerprint density at radius 3 is 3.00 bits per heavy atom. The third-order valence-corrected chi connectivity index (χ3v) is 4.72. The number of hydrogen-bond donors (Lipinski definition) is 2. The first-order valence-corrected chi connectivity index (χ1v) is 8.20. The van der Waals surface area contributed by atoms with Gasteiger partial charge in [-0.05, 0) is 49.2 Å².